The Morgan fingerprint density at radius 1 is 1.11 bits per heavy atom. The van der Waals surface area contributed by atoms with Crippen LogP contribution in [0.2, 0.25) is 5.02 Å². The van der Waals surface area contributed by atoms with Crippen LogP contribution in [0.4, 0.5) is 4.39 Å². The molecule has 94 valence electrons. The first-order chi connectivity index (χ1) is 9.19. The molecule has 0 aliphatic heterocycles. The molecule has 0 saturated heterocycles. The number of nitrogens with zero attached hydrogens (tertiary/aromatic N) is 1. The third-order valence-electron chi connectivity index (χ3n) is 2.98. The van der Waals surface area contributed by atoms with E-state index in [2.05, 4.69) is 0 Å². The minimum Gasteiger partial charge on any atom is -0.307 e. The van der Waals surface area contributed by atoms with Crippen LogP contribution in [0.5, 0.6) is 0 Å². The SMILES string of the molecule is O=Cc1cc2ccc(Cl)cc2n1-c1cccc(F)c1. The van der Waals surface area contributed by atoms with Crippen LogP contribution in [0.25, 0.3) is 16.6 Å². The second-order valence-corrected chi connectivity index (χ2v) is 4.64. The fourth-order valence-electron chi connectivity index (χ4n) is 2.19. The van der Waals surface area contributed by atoms with Gasteiger partial charge >= 0.3 is 0 Å². The molecule has 0 fully saturated rings. The van der Waals surface area contributed by atoms with Crippen LogP contribution in [-0.4, -0.2) is 10.9 Å². The summed E-state index contributed by atoms with van der Waals surface area (Å²) >= 11 is 5.99. The van der Waals surface area contributed by atoms with Crippen LogP contribution in [0.3, 0.4) is 0 Å². The van der Waals surface area contributed by atoms with Crippen LogP contribution in [0.15, 0.2) is 48.5 Å². The van der Waals surface area contributed by atoms with E-state index in [0.717, 1.165) is 17.2 Å². The first-order valence-electron chi connectivity index (χ1n) is 5.71. The molecule has 0 radical (unpaired) electrons. The summed E-state index contributed by atoms with van der Waals surface area (Å²) in [6.45, 7) is 0. The summed E-state index contributed by atoms with van der Waals surface area (Å²) in [6, 6.07) is 13.2. The zero-order valence-corrected chi connectivity index (χ0v) is 10.6. The van der Waals surface area contributed by atoms with Crippen molar-refractivity contribution in [3.63, 3.8) is 0 Å². The molecule has 2 aromatic carbocycles. The Morgan fingerprint density at radius 2 is 1.95 bits per heavy atom. The van der Waals surface area contributed by atoms with Gasteiger partial charge in [0, 0.05) is 16.1 Å². The van der Waals surface area contributed by atoms with Crippen molar-refractivity contribution in [3.8, 4) is 5.69 Å². The standard InChI is InChI=1S/C15H9ClFNO/c16-11-5-4-10-6-14(9-19)18(15(10)7-11)13-3-1-2-12(17)8-13/h1-9H. The molecule has 1 aromatic heterocycles. The van der Waals surface area contributed by atoms with Gasteiger partial charge in [-0.05, 0) is 36.4 Å². The third kappa shape index (κ3) is 2.02. The minimum absolute atomic E-state index is 0.349. The Bertz CT molecular complexity index is 779. The quantitative estimate of drug-likeness (QED) is 0.640. The lowest BCUT2D eigenvalue weighted by Crippen LogP contribution is -1.99. The zero-order chi connectivity index (χ0) is 13.4. The second-order valence-electron chi connectivity index (χ2n) is 4.21. The maximum atomic E-state index is 13.3. The fraction of sp³-hybridized carbons (Fsp3) is 0. The Balaban J connectivity index is 2.37. The summed E-state index contributed by atoms with van der Waals surface area (Å²) in [7, 11) is 0. The van der Waals surface area contributed by atoms with Gasteiger partial charge in [-0.1, -0.05) is 23.7 Å². The summed E-state index contributed by atoms with van der Waals surface area (Å²) in [5.41, 5.74) is 1.84. The van der Waals surface area contributed by atoms with Crippen LogP contribution < -0.4 is 0 Å². The first-order valence-corrected chi connectivity index (χ1v) is 6.09. The molecule has 0 aliphatic carbocycles. The van der Waals surface area contributed by atoms with Gasteiger partial charge in [-0.2, -0.15) is 0 Å². The van der Waals surface area contributed by atoms with Gasteiger partial charge in [0.1, 0.15) is 5.82 Å². The Hall–Kier alpha value is -2.13. The number of benzene rings is 2. The molecule has 4 heteroatoms. The van der Waals surface area contributed by atoms with Gasteiger partial charge < -0.3 is 4.57 Å². The molecule has 19 heavy (non-hydrogen) atoms. The van der Waals surface area contributed by atoms with E-state index in [-0.39, 0.29) is 5.82 Å². The highest BCUT2D eigenvalue weighted by Crippen LogP contribution is 2.26. The van der Waals surface area contributed by atoms with Gasteiger partial charge in [0.2, 0.25) is 0 Å². The van der Waals surface area contributed by atoms with Gasteiger partial charge in [0.15, 0.2) is 6.29 Å². The van der Waals surface area contributed by atoms with Gasteiger partial charge in [-0.25, -0.2) is 4.39 Å². The number of hydrogen-bond donors (Lipinski definition) is 0. The number of carbonyl (C=O) groups is 1. The molecule has 0 amide bonds. The second kappa shape index (κ2) is 4.52. The Kier molecular flexibility index (Phi) is 2.84. The first kappa shape index (κ1) is 11.9. The third-order valence-corrected chi connectivity index (χ3v) is 3.22. The summed E-state index contributed by atoms with van der Waals surface area (Å²) in [4.78, 5) is 11.2. The molecule has 0 atom stereocenters. The fourth-order valence-corrected chi connectivity index (χ4v) is 2.35. The molecular weight excluding hydrogens is 265 g/mol. The van der Waals surface area contributed by atoms with Crippen molar-refractivity contribution in [1.82, 2.24) is 4.57 Å². The van der Waals surface area contributed by atoms with Crippen molar-refractivity contribution in [1.29, 1.82) is 0 Å². The number of aromatic nitrogens is 1. The number of hydrogen-bond acceptors (Lipinski definition) is 1. The highest BCUT2D eigenvalue weighted by molar-refractivity contribution is 6.31. The van der Waals surface area contributed by atoms with E-state index in [1.807, 2.05) is 6.07 Å². The number of halogens is 2. The van der Waals surface area contributed by atoms with E-state index < -0.39 is 0 Å². The smallest absolute Gasteiger partial charge is 0.166 e. The normalized spacial score (nSPS) is 10.8. The average Bonchev–Trinajstić information content (AvgIpc) is 2.76. The maximum Gasteiger partial charge on any atom is 0.166 e. The molecule has 1 heterocycles. The van der Waals surface area contributed by atoms with E-state index in [1.54, 1.807) is 34.9 Å². The Labute approximate surface area is 114 Å². The summed E-state index contributed by atoms with van der Waals surface area (Å²) in [6.07, 6.45) is 0.749. The van der Waals surface area contributed by atoms with Gasteiger partial charge in [-0.15, -0.1) is 0 Å². The molecule has 3 aromatic rings. The predicted molar refractivity (Wildman–Crippen MR) is 73.6 cm³/mol. The molecule has 0 aliphatic rings. The van der Waals surface area contributed by atoms with Crippen LogP contribution in [0.1, 0.15) is 10.5 Å². The van der Waals surface area contributed by atoms with Crippen LogP contribution >= 0.6 is 11.6 Å². The summed E-state index contributed by atoms with van der Waals surface area (Å²) < 4.78 is 15.0. The lowest BCUT2D eigenvalue weighted by Gasteiger charge is -2.08. The van der Waals surface area contributed by atoms with Gasteiger partial charge in [0.25, 0.3) is 0 Å². The highest BCUT2D eigenvalue weighted by Gasteiger charge is 2.10. The Morgan fingerprint density at radius 3 is 2.68 bits per heavy atom. The number of carbonyl (C=O) groups excluding carboxylic acids is 1. The van der Waals surface area contributed by atoms with Crippen LogP contribution in [-0.2, 0) is 0 Å². The maximum absolute atomic E-state index is 13.3. The van der Waals surface area contributed by atoms with Crippen LogP contribution in [0, 0.1) is 5.82 Å². The number of aldehydes is 1. The lowest BCUT2D eigenvalue weighted by atomic mass is 10.2. The van der Waals surface area contributed by atoms with E-state index in [9.17, 15) is 9.18 Å². The van der Waals surface area contributed by atoms with Crippen molar-refractivity contribution in [2.24, 2.45) is 0 Å². The van der Waals surface area contributed by atoms with E-state index >= 15 is 0 Å². The molecule has 2 nitrogen and oxygen atoms in total. The van der Waals surface area contributed by atoms with Crippen molar-refractivity contribution in [3.05, 3.63) is 65.1 Å². The van der Waals surface area contributed by atoms with E-state index in [4.69, 9.17) is 11.6 Å². The monoisotopic (exact) mass is 273 g/mol. The molecule has 0 unspecified atom stereocenters. The summed E-state index contributed by atoms with van der Waals surface area (Å²) in [5, 5.41) is 1.46. The van der Waals surface area contributed by atoms with Crippen molar-refractivity contribution in [2.75, 3.05) is 0 Å². The molecule has 3 rings (SSSR count). The van der Waals surface area contributed by atoms with Crippen molar-refractivity contribution >= 4 is 28.8 Å². The van der Waals surface area contributed by atoms with Gasteiger partial charge in [0.05, 0.1) is 11.2 Å². The number of fused-ring (bicyclic) bond motifs is 1. The molecule has 0 saturated carbocycles. The average molecular weight is 274 g/mol. The number of rotatable bonds is 2. The predicted octanol–water partition coefficient (Wildman–Crippen LogP) is 4.24. The largest absolute Gasteiger partial charge is 0.307 e. The molecular formula is C15H9ClFNO. The molecule has 0 N–H and O–H groups in total. The zero-order valence-electron chi connectivity index (χ0n) is 9.81. The lowest BCUT2D eigenvalue weighted by molar-refractivity contribution is 0.111. The molecule has 0 spiro atoms. The molecule has 0 bridgehead atoms. The van der Waals surface area contributed by atoms with E-state index in [0.29, 0.717) is 16.4 Å². The highest BCUT2D eigenvalue weighted by atomic mass is 35.5. The van der Waals surface area contributed by atoms with Crippen molar-refractivity contribution < 1.29 is 9.18 Å². The minimum atomic E-state index is -0.349. The van der Waals surface area contributed by atoms with Gasteiger partial charge in [-0.3, -0.25) is 4.79 Å². The van der Waals surface area contributed by atoms with Crippen molar-refractivity contribution in [2.45, 2.75) is 0 Å². The summed E-state index contributed by atoms with van der Waals surface area (Å²) in [5.74, 6) is -0.349. The topological polar surface area (TPSA) is 22.0 Å². The van der Waals surface area contributed by atoms with E-state index in [1.165, 1.54) is 12.1 Å².